The van der Waals surface area contributed by atoms with Crippen molar-refractivity contribution in [3.05, 3.63) is 0 Å². The first kappa shape index (κ1) is 18.0. The van der Waals surface area contributed by atoms with Gasteiger partial charge in [0.1, 0.15) is 0 Å². The van der Waals surface area contributed by atoms with E-state index in [-0.39, 0.29) is 0 Å². The SMILES string of the molecule is C1C2C3C4C5C6CC7C8C9C%10C%11C%12CC%13C%14C%15C%16C%17CC%18C%19C%20C%21C%22C1C21C32C43C54C67C85C96C%107C%118C%13%12C%149C%15%10C%16%11C%17%18C%19%12C%20%13C%21%14C%221C21C32C45C63C74C98C%105C%11%12C%136C%141C23C564. The molecule has 0 nitrogen and oxygen atoms in total. The molecule has 0 bridgehead atoms. The van der Waals surface area contributed by atoms with Crippen LogP contribution in [0.5, 0.6) is 0 Å². The molecule has 30 spiro atoms. The first-order chi connectivity index (χ1) is 27.9. The molecule has 0 aromatic carbocycles. The lowest BCUT2D eigenvalue weighted by atomic mass is 8.29. The molecular formula is C56H30. The van der Waals surface area contributed by atoms with Gasteiger partial charge in [-0.3, -0.25) is 0 Å². The second-order valence-electron chi connectivity index (χ2n) is 36.9. The topological polar surface area (TPSA) is 0 Å². The van der Waals surface area contributed by atoms with Gasteiger partial charge in [-0.05, 0) is 318 Å². The molecule has 42 rings (SSSR count). The van der Waals surface area contributed by atoms with Gasteiger partial charge in [0.25, 0.3) is 0 Å². The van der Waals surface area contributed by atoms with Crippen LogP contribution in [0.25, 0.3) is 0 Å². The first-order valence-electron chi connectivity index (χ1n) is 27.9. The summed E-state index contributed by atoms with van der Waals surface area (Å²) in [5, 5.41) is 0. The van der Waals surface area contributed by atoms with Gasteiger partial charge in [0.2, 0.25) is 0 Å². The molecule has 44 unspecified atom stereocenters. The van der Waals surface area contributed by atoms with Gasteiger partial charge in [-0.2, -0.15) is 0 Å². The van der Waals surface area contributed by atoms with Crippen LogP contribution in [-0.4, -0.2) is 0 Å². The predicted octanol–water partition coefficient (Wildman–Crippen LogP) is 4.27. The molecule has 42 aliphatic carbocycles. The fourth-order valence-corrected chi connectivity index (χ4v) is 65.3. The maximum atomic E-state index is 1.87. The molecule has 0 aromatic heterocycles. The fourth-order valence-electron chi connectivity index (χ4n) is 65.3. The molecule has 0 heteroatoms. The molecule has 0 radical (unpaired) electrons. The van der Waals surface area contributed by atoms with E-state index in [0.29, 0.717) is 0 Å². The maximum Gasteiger partial charge on any atom is -0.0000376 e. The largest absolute Gasteiger partial charge is 0.0458 e. The molecule has 254 valence electrons. The molecular weight excluding hydrogens is 673 g/mol. The molecule has 44 atom stereocenters. The van der Waals surface area contributed by atoms with Crippen molar-refractivity contribution in [2.24, 2.45) is 293 Å². The monoisotopic (exact) mass is 702 g/mol. The Balaban J connectivity index is 0.833. The standard InChI is InChI=1S/C56H30/c1-5-13-21-14-6-2-11-19-25-26-20-12-4-8-16-22-15-7-3-10-18-24-23-17-9(1)27(5)31(13)39(21)32(14)28(6,11)37(19)43(25)44(26)38(20)30(8,12)34(16)40(22)33(15)29(7,10)36(18)42(24)41(23)35(17,27)45(31)49(39)46(32,37)53(43)54(44)48(34,38)50(40)47(33,36)52(42)51(41,45)55(49,53)56(50,52)54/h5-26H,1-4H2. The molecule has 42 aliphatic rings. The summed E-state index contributed by atoms with van der Waals surface area (Å²) >= 11 is 0. The van der Waals surface area contributed by atoms with Gasteiger partial charge in [0.15, 0.2) is 0 Å². The highest BCUT2D eigenvalue weighted by molar-refractivity contribution is 6.20. The van der Waals surface area contributed by atoms with E-state index in [9.17, 15) is 0 Å². The highest BCUT2D eigenvalue weighted by Crippen LogP contribution is 3.77. The van der Waals surface area contributed by atoms with Crippen LogP contribution in [0, 0.1) is 293 Å². The van der Waals surface area contributed by atoms with Crippen LogP contribution in [0.15, 0.2) is 0 Å². The zero-order chi connectivity index (χ0) is 30.5. The van der Waals surface area contributed by atoms with Gasteiger partial charge in [-0.15, -0.1) is 0 Å². The fraction of sp³-hybridized carbons (Fsp3) is 1.00. The molecule has 0 N–H and O–H groups in total. The van der Waals surface area contributed by atoms with Crippen molar-refractivity contribution in [3.63, 3.8) is 0 Å². The summed E-state index contributed by atoms with van der Waals surface area (Å²) in [4.78, 5) is 0. The molecule has 56 heavy (non-hydrogen) atoms. The maximum absolute atomic E-state index is 1.87. The second-order valence-corrected chi connectivity index (χ2v) is 36.9. The summed E-state index contributed by atoms with van der Waals surface area (Å²) in [7, 11) is 0. The molecule has 42 saturated carbocycles. The summed E-state index contributed by atoms with van der Waals surface area (Å²) in [6.07, 6.45) is 7.49. The van der Waals surface area contributed by atoms with Crippen LogP contribution >= 0.6 is 0 Å². The van der Waals surface area contributed by atoms with E-state index in [2.05, 4.69) is 0 Å². The first-order valence-corrected chi connectivity index (χ1v) is 27.9. The molecule has 0 saturated heterocycles. The number of hydrogen-bond acceptors (Lipinski definition) is 0. The van der Waals surface area contributed by atoms with Gasteiger partial charge < -0.3 is 0 Å². The Morgan fingerprint density at radius 2 is 0.339 bits per heavy atom. The smallest absolute Gasteiger partial charge is 0.0000376 e. The third-order valence-corrected chi connectivity index (χ3v) is 50.3. The highest BCUT2D eigenvalue weighted by atomic mass is 15.8. The lowest BCUT2D eigenvalue weighted by Crippen LogP contribution is -3.72. The number of fused-ring (bicyclic) bond motifs is 18. The van der Waals surface area contributed by atoms with Crippen molar-refractivity contribution in [1.82, 2.24) is 0 Å². The van der Waals surface area contributed by atoms with E-state index in [1.165, 1.54) is 141 Å². The molecule has 0 heterocycles. The average Bonchev–Trinajstić information content (AvgIpc) is 3.04. The van der Waals surface area contributed by atoms with Crippen LogP contribution in [0.2, 0.25) is 0 Å². The number of rotatable bonds is 0. The summed E-state index contributed by atoms with van der Waals surface area (Å²) < 4.78 is 0. The van der Waals surface area contributed by atoms with Crippen molar-refractivity contribution in [2.45, 2.75) is 25.7 Å². The third kappa shape index (κ3) is 0.347. The zero-order valence-corrected chi connectivity index (χ0v) is 30.5. The molecule has 0 amide bonds. The Kier molecular flexibility index (Phi) is 0.825. The van der Waals surface area contributed by atoms with E-state index in [1.54, 1.807) is 0 Å². The Morgan fingerprint density at radius 1 is 0.161 bits per heavy atom. The highest BCUT2D eigenvalue weighted by Gasteiger charge is 3.76. The van der Waals surface area contributed by atoms with Gasteiger partial charge in [-0.1, -0.05) is 0 Å². The minimum Gasteiger partial charge on any atom is -0.0458 e. The van der Waals surface area contributed by atoms with E-state index in [4.69, 9.17) is 0 Å². The Bertz CT molecular complexity index is 3500. The van der Waals surface area contributed by atoms with Crippen molar-refractivity contribution < 1.29 is 0 Å². The average molecular weight is 703 g/mol. The van der Waals surface area contributed by atoms with E-state index in [1.807, 2.05) is 25.7 Å². The van der Waals surface area contributed by atoms with Crippen LogP contribution < -0.4 is 0 Å². The van der Waals surface area contributed by atoms with Crippen molar-refractivity contribution in [3.8, 4) is 0 Å². The Labute approximate surface area is 317 Å². The lowest BCUT2D eigenvalue weighted by Gasteiger charge is -3.73. The molecule has 0 aliphatic heterocycles. The normalized spacial score (nSPS) is 147. The van der Waals surface area contributed by atoms with E-state index in [0.717, 1.165) is 152 Å². The number of hydrogen-bond donors (Lipinski definition) is 0. The van der Waals surface area contributed by atoms with Crippen LogP contribution in [0.4, 0.5) is 0 Å². The summed E-state index contributed by atoms with van der Waals surface area (Å²) in [6.45, 7) is 0. The quantitative estimate of drug-likeness (QED) is 0.354. The van der Waals surface area contributed by atoms with E-state index < -0.39 is 0 Å². The molecule has 42 fully saturated rings. The second kappa shape index (κ2) is 2.57. The summed E-state index contributed by atoms with van der Waals surface area (Å²) in [5.74, 6) is 31.0. The molecule has 0 aromatic rings. The van der Waals surface area contributed by atoms with Crippen LogP contribution in [-0.2, 0) is 0 Å². The summed E-state index contributed by atoms with van der Waals surface area (Å²) in [6, 6.07) is 0. The Morgan fingerprint density at radius 3 is 0.571 bits per heavy atom. The lowest BCUT2D eigenvalue weighted by molar-refractivity contribution is -1.29. The van der Waals surface area contributed by atoms with E-state index >= 15 is 0 Å². The van der Waals surface area contributed by atoms with Gasteiger partial charge in [-0.25, -0.2) is 0 Å². The van der Waals surface area contributed by atoms with Gasteiger partial charge in [0.05, 0.1) is 0 Å². The van der Waals surface area contributed by atoms with Crippen molar-refractivity contribution in [2.75, 3.05) is 0 Å². The van der Waals surface area contributed by atoms with Crippen LogP contribution in [0.1, 0.15) is 25.7 Å². The van der Waals surface area contributed by atoms with Crippen molar-refractivity contribution >= 4 is 0 Å². The minimum absolute atomic E-state index is 1.11. The third-order valence-electron chi connectivity index (χ3n) is 50.3. The predicted molar refractivity (Wildman–Crippen MR) is 168 cm³/mol. The van der Waals surface area contributed by atoms with Gasteiger partial charge >= 0.3 is 0 Å². The van der Waals surface area contributed by atoms with Crippen molar-refractivity contribution in [1.29, 1.82) is 0 Å². The summed E-state index contributed by atoms with van der Waals surface area (Å²) in [5.41, 5.74) is 34.3. The zero-order valence-electron chi connectivity index (χ0n) is 30.5. The van der Waals surface area contributed by atoms with Crippen LogP contribution in [0.3, 0.4) is 0 Å². The minimum atomic E-state index is 1.11. The Hall–Kier alpha value is 0. The van der Waals surface area contributed by atoms with Gasteiger partial charge in [0, 0.05) is 0 Å².